The summed E-state index contributed by atoms with van der Waals surface area (Å²) in [7, 11) is -0.142. The number of rotatable bonds is 8. The second kappa shape index (κ2) is 8.67. The van der Waals surface area contributed by atoms with Crippen LogP contribution in [0.25, 0.3) is 11.2 Å². The minimum absolute atomic E-state index is 0.160. The highest BCUT2D eigenvalue weighted by molar-refractivity contribution is 8.07. The molecule has 0 aliphatic carbocycles. The topological polar surface area (TPSA) is 173 Å². The monoisotopic (exact) mass is 454 g/mol. The van der Waals surface area contributed by atoms with Crippen molar-refractivity contribution in [3.63, 3.8) is 0 Å². The Morgan fingerprint density at radius 1 is 1.43 bits per heavy atom. The molecule has 0 spiro atoms. The van der Waals surface area contributed by atoms with Crippen LogP contribution in [-0.2, 0) is 39.2 Å². The fraction of sp³-hybridized carbons (Fsp3) is 0.583. The fourth-order valence-electron chi connectivity index (χ4n) is 2.63. The van der Waals surface area contributed by atoms with Gasteiger partial charge in [-0.05, 0) is 11.8 Å². The highest BCUT2D eigenvalue weighted by Crippen LogP contribution is 2.45. The molecule has 16 heteroatoms. The van der Waals surface area contributed by atoms with E-state index in [0.29, 0.717) is 11.2 Å². The lowest BCUT2D eigenvalue weighted by atomic mass is 10.1. The number of hydrogen-bond acceptors (Lipinski definition) is 12. The van der Waals surface area contributed by atoms with E-state index in [2.05, 4.69) is 19.5 Å². The Morgan fingerprint density at radius 3 is 2.86 bits per heavy atom. The summed E-state index contributed by atoms with van der Waals surface area (Å²) < 4.78 is 38.7. The molecule has 0 amide bonds. The van der Waals surface area contributed by atoms with E-state index >= 15 is 0 Å². The predicted octanol–water partition coefficient (Wildman–Crippen LogP) is 0.236. The van der Waals surface area contributed by atoms with E-state index in [1.807, 2.05) is 0 Å². The summed E-state index contributed by atoms with van der Waals surface area (Å²) in [4.78, 5) is 21.8. The van der Waals surface area contributed by atoms with Gasteiger partial charge in [0.05, 0.1) is 20.0 Å². The van der Waals surface area contributed by atoms with Gasteiger partial charge in [0.1, 0.15) is 24.1 Å². The van der Waals surface area contributed by atoms with Crippen LogP contribution >= 0.6 is 15.0 Å². The van der Waals surface area contributed by atoms with Crippen molar-refractivity contribution in [2.45, 2.75) is 24.5 Å². The second-order valence-electron chi connectivity index (χ2n) is 5.56. The summed E-state index contributed by atoms with van der Waals surface area (Å²) in [6, 6.07) is 0. The summed E-state index contributed by atoms with van der Waals surface area (Å²) in [6.45, 7) is -3.78. The van der Waals surface area contributed by atoms with Crippen molar-refractivity contribution in [3.05, 3.63) is 12.7 Å². The molecule has 2 aromatic heterocycles. The molecule has 1 aliphatic rings. The second-order valence-corrected chi connectivity index (χ2v) is 9.53. The van der Waals surface area contributed by atoms with Gasteiger partial charge in [0.25, 0.3) is 0 Å². The Morgan fingerprint density at radius 2 is 2.18 bits per heavy atom. The zero-order chi connectivity index (χ0) is 20.5. The Bertz CT molecular complexity index is 915. The first-order chi connectivity index (χ1) is 13.3. The van der Waals surface area contributed by atoms with Crippen LogP contribution in [0.15, 0.2) is 12.7 Å². The number of ether oxygens (including phenoxy) is 1. The number of aromatic nitrogens is 4. The summed E-state index contributed by atoms with van der Waals surface area (Å²) >= 11 is 4.78. The maximum atomic E-state index is 11.7. The normalized spacial score (nSPS) is 27.8. The van der Waals surface area contributed by atoms with Crippen molar-refractivity contribution in [2.75, 3.05) is 26.6 Å². The first-order valence-corrected chi connectivity index (χ1v) is 11.4. The van der Waals surface area contributed by atoms with E-state index in [1.54, 1.807) is 0 Å². The lowest BCUT2D eigenvalue weighted by Gasteiger charge is -2.18. The number of aliphatic hydroxyl groups is 1. The third-order valence-corrected chi connectivity index (χ3v) is 6.37. The number of nitrogen functional groups attached to an aromatic ring is 1. The summed E-state index contributed by atoms with van der Waals surface area (Å²) in [6.07, 6.45) is -1.82. The first-order valence-electron chi connectivity index (χ1n) is 7.75. The van der Waals surface area contributed by atoms with Crippen molar-refractivity contribution in [2.24, 2.45) is 0 Å². The number of anilines is 1. The third kappa shape index (κ3) is 4.36. The zero-order valence-electron chi connectivity index (χ0n) is 14.7. The summed E-state index contributed by atoms with van der Waals surface area (Å²) in [5.74, 6) is 0.160. The quantitative estimate of drug-likeness (QED) is 0.463. The molecule has 2 aromatic rings. The van der Waals surface area contributed by atoms with E-state index in [9.17, 15) is 14.6 Å². The van der Waals surface area contributed by atoms with Crippen LogP contribution in [0.3, 0.4) is 0 Å². The highest BCUT2D eigenvalue weighted by atomic mass is 32.5. The maximum Gasteiger partial charge on any atom is 0.697 e. The molecule has 4 N–H and O–H groups in total. The van der Waals surface area contributed by atoms with Gasteiger partial charge < -0.3 is 29.5 Å². The van der Waals surface area contributed by atoms with Crippen LogP contribution in [0.5, 0.6) is 0 Å². The molecule has 1 fully saturated rings. The smallest absolute Gasteiger partial charge is 0.385 e. The van der Waals surface area contributed by atoms with Crippen molar-refractivity contribution in [3.8, 4) is 0 Å². The maximum absolute atomic E-state index is 11.7. The highest BCUT2D eigenvalue weighted by Gasteiger charge is 2.51. The van der Waals surface area contributed by atoms with Crippen molar-refractivity contribution >= 4 is 43.8 Å². The number of hydrogen-bond donors (Lipinski definition) is 3. The minimum Gasteiger partial charge on any atom is -0.385 e. The van der Waals surface area contributed by atoms with E-state index < -0.39 is 39.5 Å². The van der Waals surface area contributed by atoms with Gasteiger partial charge in [0, 0.05) is 11.7 Å². The van der Waals surface area contributed by atoms with Crippen molar-refractivity contribution < 1.29 is 37.4 Å². The Kier molecular flexibility index (Phi) is 6.67. The molecule has 13 nitrogen and oxygen atoms in total. The van der Waals surface area contributed by atoms with Crippen LogP contribution in [0.2, 0.25) is 0 Å². The van der Waals surface area contributed by atoms with Gasteiger partial charge in [-0.1, -0.05) is 0 Å². The molecule has 28 heavy (non-hydrogen) atoms. The van der Waals surface area contributed by atoms with Crippen LogP contribution in [0.1, 0.15) is 6.23 Å². The number of nitrogens with two attached hydrogens (primary N) is 1. The number of aliphatic hydroxyl groups excluding tert-OH is 1. The van der Waals surface area contributed by atoms with Gasteiger partial charge in [0.2, 0.25) is 0 Å². The predicted molar refractivity (Wildman–Crippen MR) is 98.6 cm³/mol. The Labute approximate surface area is 164 Å². The third-order valence-electron chi connectivity index (χ3n) is 3.96. The van der Waals surface area contributed by atoms with Crippen LogP contribution in [0.4, 0.5) is 5.82 Å². The van der Waals surface area contributed by atoms with Crippen molar-refractivity contribution in [1.82, 2.24) is 19.5 Å². The molecule has 3 heterocycles. The molecule has 0 bridgehead atoms. The molecule has 0 aromatic carbocycles. The molecule has 3 unspecified atom stereocenters. The molecular formula is C12H18N5O8P2S+. The summed E-state index contributed by atoms with van der Waals surface area (Å²) in [5, 5.41) is 10.7. The SMILES string of the molecule is CO[P+](=O)O[C@@H]1C(COP(O)(=S)OC)O[C@@H](n2cnc3c(N)ncnc32)[C@@H]1O. The lowest BCUT2D eigenvalue weighted by molar-refractivity contribution is -0.0485. The molecule has 6 atom stereocenters. The van der Waals surface area contributed by atoms with Crippen molar-refractivity contribution in [1.29, 1.82) is 0 Å². The molecule has 1 aliphatic heterocycles. The first kappa shape index (κ1) is 21.5. The van der Waals surface area contributed by atoms with E-state index in [-0.39, 0.29) is 12.4 Å². The molecule has 0 radical (unpaired) electrons. The lowest BCUT2D eigenvalue weighted by Crippen LogP contribution is -2.35. The van der Waals surface area contributed by atoms with Gasteiger partial charge in [-0.25, -0.2) is 15.0 Å². The van der Waals surface area contributed by atoms with E-state index in [0.717, 1.165) is 0 Å². The standard InChI is InChI=1S/C12H17N5O8P2S/c1-21-26(19)25-9-6(3-23-27(20,28)22-2)24-12(8(9)18)17-5-16-7-10(13)14-4-15-11(7)17/h4-6,8-9,12,18H,3H2,1-2H3,(H2-,13,14,15,20,28)/p+1/t6?,8-,9-,12-,27?/m1/s1. The number of imidazole rings is 1. The molecule has 1 saturated heterocycles. The molecule has 3 rings (SSSR count). The van der Waals surface area contributed by atoms with E-state index in [1.165, 1.54) is 31.4 Å². The van der Waals surface area contributed by atoms with Crippen LogP contribution in [0, 0.1) is 0 Å². The minimum atomic E-state index is -3.48. The molecular weight excluding hydrogens is 436 g/mol. The molecule has 154 valence electrons. The Balaban J connectivity index is 1.89. The average molecular weight is 454 g/mol. The zero-order valence-corrected chi connectivity index (χ0v) is 17.3. The Hall–Kier alpha value is -1.18. The van der Waals surface area contributed by atoms with Gasteiger partial charge in [-0.15, -0.1) is 9.05 Å². The number of nitrogens with zero attached hydrogens (tertiary/aromatic N) is 4. The summed E-state index contributed by atoms with van der Waals surface area (Å²) in [5.41, 5.74) is 6.41. The van der Waals surface area contributed by atoms with Gasteiger partial charge in [-0.2, -0.15) is 0 Å². The fourth-order valence-corrected chi connectivity index (χ4v) is 3.80. The number of fused-ring (bicyclic) bond motifs is 1. The van der Waals surface area contributed by atoms with Gasteiger partial charge >= 0.3 is 15.0 Å². The van der Waals surface area contributed by atoms with E-state index in [4.69, 9.17) is 35.8 Å². The van der Waals surface area contributed by atoms with Gasteiger partial charge in [-0.3, -0.25) is 4.57 Å². The van der Waals surface area contributed by atoms with Crippen LogP contribution in [-0.4, -0.2) is 68.7 Å². The van der Waals surface area contributed by atoms with Gasteiger partial charge in [0.15, 0.2) is 23.8 Å². The molecule has 0 saturated carbocycles. The largest absolute Gasteiger partial charge is 0.697 e. The average Bonchev–Trinajstić information content (AvgIpc) is 3.23. The van der Waals surface area contributed by atoms with Crippen LogP contribution < -0.4 is 5.73 Å².